The fourth-order valence-corrected chi connectivity index (χ4v) is 1.41. The second-order valence-corrected chi connectivity index (χ2v) is 4.42. The van der Waals surface area contributed by atoms with Crippen LogP contribution in [-0.4, -0.2) is 32.9 Å². The summed E-state index contributed by atoms with van der Waals surface area (Å²) < 4.78 is 85.6. The van der Waals surface area contributed by atoms with Gasteiger partial charge in [0.1, 0.15) is 0 Å². The molecule has 0 radical (unpaired) electrons. The lowest BCUT2D eigenvalue weighted by Gasteiger charge is -2.24. The van der Waals surface area contributed by atoms with Crippen molar-refractivity contribution < 1.29 is 34.6 Å². The Morgan fingerprint density at radius 1 is 1.38 bits per heavy atom. The summed E-state index contributed by atoms with van der Waals surface area (Å²) in [5, 5.41) is 2.15. The number of rotatable bonds is 2. The van der Waals surface area contributed by atoms with Gasteiger partial charge >= 0.3 is 21.5 Å². The molecule has 1 heterocycles. The third-order valence-electron chi connectivity index (χ3n) is 1.62. The van der Waals surface area contributed by atoms with Crippen LogP contribution in [0, 0.1) is 0 Å². The standard InChI is InChI=1S/C6H6F5NO3S/c7-5(8)3-12-2-1-4(5)15-16(13,14)6(9,10)11/h1,12H,2-3H2. The van der Waals surface area contributed by atoms with Crippen LogP contribution in [0.1, 0.15) is 0 Å². The molecule has 1 aliphatic rings. The molecule has 0 spiro atoms. The quantitative estimate of drug-likeness (QED) is 0.460. The lowest BCUT2D eigenvalue weighted by Crippen LogP contribution is -2.41. The molecule has 1 N–H and O–H groups in total. The second kappa shape index (κ2) is 3.84. The molecule has 0 aliphatic carbocycles. The average molecular weight is 267 g/mol. The highest BCUT2D eigenvalue weighted by Gasteiger charge is 2.52. The summed E-state index contributed by atoms with van der Waals surface area (Å²) in [5.41, 5.74) is -5.73. The van der Waals surface area contributed by atoms with Crippen molar-refractivity contribution in [1.29, 1.82) is 0 Å². The molecular weight excluding hydrogens is 261 g/mol. The van der Waals surface area contributed by atoms with E-state index in [1.54, 1.807) is 0 Å². The van der Waals surface area contributed by atoms with Crippen LogP contribution in [0.25, 0.3) is 0 Å². The Labute approximate surface area is 87.2 Å². The van der Waals surface area contributed by atoms with E-state index in [0.29, 0.717) is 6.08 Å². The first-order valence-electron chi connectivity index (χ1n) is 3.86. The SMILES string of the molecule is O=S(=O)(OC1=CCNCC1(F)F)C(F)(F)F. The zero-order chi connectivity index (χ0) is 12.6. The minimum atomic E-state index is -6.04. The summed E-state index contributed by atoms with van der Waals surface area (Å²) in [6.45, 7) is -1.18. The van der Waals surface area contributed by atoms with Gasteiger partial charge in [0.05, 0.1) is 6.54 Å². The molecule has 0 aromatic carbocycles. The van der Waals surface area contributed by atoms with E-state index < -0.39 is 33.9 Å². The first kappa shape index (κ1) is 13.2. The van der Waals surface area contributed by atoms with Crippen molar-refractivity contribution in [3.63, 3.8) is 0 Å². The van der Waals surface area contributed by atoms with Gasteiger partial charge in [-0.1, -0.05) is 0 Å². The van der Waals surface area contributed by atoms with Crippen molar-refractivity contribution in [2.24, 2.45) is 0 Å². The zero-order valence-electron chi connectivity index (χ0n) is 7.51. The second-order valence-electron chi connectivity index (χ2n) is 2.89. The molecule has 0 saturated carbocycles. The van der Waals surface area contributed by atoms with Gasteiger partial charge in [-0.05, 0) is 6.08 Å². The predicted octanol–water partition coefficient (Wildman–Crippen LogP) is 0.975. The molecule has 0 aromatic rings. The van der Waals surface area contributed by atoms with Crippen molar-refractivity contribution in [1.82, 2.24) is 5.32 Å². The first-order valence-corrected chi connectivity index (χ1v) is 5.27. The maximum Gasteiger partial charge on any atom is 0.534 e. The van der Waals surface area contributed by atoms with Crippen LogP contribution >= 0.6 is 0 Å². The van der Waals surface area contributed by atoms with E-state index in [1.165, 1.54) is 0 Å². The maximum atomic E-state index is 12.9. The van der Waals surface area contributed by atoms with Gasteiger partial charge in [-0.3, -0.25) is 0 Å². The van der Waals surface area contributed by atoms with Gasteiger partial charge in [-0.15, -0.1) is 0 Å². The van der Waals surface area contributed by atoms with E-state index in [2.05, 4.69) is 9.50 Å². The number of hydrogen-bond acceptors (Lipinski definition) is 4. The van der Waals surface area contributed by atoms with Crippen molar-refractivity contribution in [2.75, 3.05) is 13.1 Å². The fourth-order valence-electron chi connectivity index (χ4n) is 0.891. The Bertz CT molecular complexity index is 399. The Morgan fingerprint density at radius 2 is 1.94 bits per heavy atom. The van der Waals surface area contributed by atoms with Crippen molar-refractivity contribution in [3.05, 3.63) is 11.8 Å². The topological polar surface area (TPSA) is 55.4 Å². The molecule has 0 saturated heterocycles. The van der Waals surface area contributed by atoms with Gasteiger partial charge in [-0.25, -0.2) is 0 Å². The number of nitrogens with one attached hydrogen (secondary N) is 1. The molecule has 0 fully saturated rings. The van der Waals surface area contributed by atoms with Gasteiger partial charge in [0.25, 0.3) is 0 Å². The lowest BCUT2D eigenvalue weighted by molar-refractivity contribution is -0.0582. The van der Waals surface area contributed by atoms with Crippen LogP contribution in [-0.2, 0) is 14.3 Å². The van der Waals surface area contributed by atoms with Crippen LogP contribution in [0.15, 0.2) is 11.8 Å². The minimum Gasteiger partial charge on any atom is -0.374 e. The highest BCUT2D eigenvalue weighted by atomic mass is 32.2. The van der Waals surface area contributed by atoms with Crippen LogP contribution in [0.2, 0.25) is 0 Å². The molecule has 0 amide bonds. The fraction of sp³-hybridized carbons (Fsp3) is 0.667. The average Bonchev–Trinajstić information content (AvgIpc) is 2.06. The van der Waals surface area contributed by atoms with E-state index >= 15 is 0 Å². The minimum absolute atomic E-state index is 0.196. The lowest BCUT2D eigenvalue weighted by atomic mass is 10.2. The summed E-state index contributed by atoms with van der Waals surface area (Å²) in [5.74, 6) is -5.29. The molecule has 4 nitrogen and oxygen atoms in total. The first-order chi connectivity index (χ1) is 7.06. The monoisotopic (exact) mass is 267 g/mol. The Morgan fingerprint density at radius 3 is 2.38 bits per heavy atom. The van der Waals surface area contributed by atoms with Gasteiger partial charge < -0.3 is 9.50 Å². The third-order valence-corrected chi connectivity index (χ3v) is 2.59. The maximum absolute atomic E-state index is 12.9. The molecule has 0 aromatic heterocycles. The summed E-state index contributed by atoms with van der Waals surface area (Å²) in [7, 11) is -6.04. The Kier molecular flexibility index (Phi) is 3.16. The van der Waals surface area contributed by atoms with Crippen molar-refractivity contribution in [2.45, 2.75) is 11.4 Å². The van der Waals surface area contributed by atoms with Crippen LogP contribution in [0.3, 0.4) is 0 Å². The molecule has 16 heavy (non-hydrogen) atoms. The molecule has 0 bridgehead atoms. The van der Waals surface area contributed by atoms with E-state index in [-0.39, 0.29) is 6.54 Å². The Balaban J connectivity index is 2.94. The van der Waals surface area contributed by atoms with Crippen molar-refractivity contribution in [3.8, 4) is 0 Å². The van der Waals surface area contributed by atoms with E-state index in [0.717, 1.165) is 0 Å². The highest BCUT2D eigenvalue weighted by Crippen LogP contribution is 2.33. The van der Waals surface area contributed by atoms with E-state index in [4.69, 9.17) is 0 Å². The highest BCUT2D eigenvalue weighted by molar-refractivity contribution is 7.87. The predicted molar refractivity (Wildman–Crippen MR) is 42.0 cm³/mol. The molecule has 94 valence electrons. The van der Waals surface area contributed by atoms with Crippen molar-refractivity contribution >= 4 is 10.1 Å². The van der Waals surface area contributed by atoms with Crippen LogP contribution in [0.4, 0.5) is 22.0 Å². The van der Waals surface area contributed by atoms with E-state index in [9.17, 15) is 30.4 Å². The largest absolute Gasteiger partial charge is 0.534 e. The molecule has 1 rings (SSSR count). The van der Waals surface area contributed by atoms with E-state index in [1.807, 2.05) is 0 Å². The van der Waals surface area contributed by atoms with Gasteiger partial charge in [0.2, 0.25) is 0 Å². The molecular formula is C6H6F5NO3S. The summed E-state index contributed by atoms with van der Waals surface area (Å²) in [6, 6.07) is 0. The smallest absolute Gasteiger partial charge is 0.374 e. The normalized spacial score (nSPS) is 21.4. The summed E-state index contributed by atoms with van der Waals surface area (Å²) in [6.07, 6.45) is 0.548. The number of alkyl halides is 5. The third kappa shape index (κ3) is 2.61. The summed E-state index contributed by atoms with van der Waals surface area (Å²) in [4.78, 5) is 0. The van der Waals surface area contributed by atoms with Gasteiger partial charge in [-0.2, -0.15) is 30.4 Å². The van der Waals surface area contributed by atoms with Crippen LogP contribution in [0.5, 0.6) is 0 Å². The molecule has 1 aliphatic heterocycles. The van der Waals surface area contributed by atoms with Gasteiger partial charge in [0.15, 0.2) is 5.76 Å². The number of halogens is 5. The van der Waals surface area contributed by atoms with Crippen LogP contribution < -0.4 is 5.32 Å². The number of hydrogen-bond donors (Lipinski definition) is 1. The Hall–Kier alpha value is -0.900. The molecule has 10 heteroatoms. The molecule has 0 atom stereocenters. The zero-order valence-corrected chi connectivity index (χ0v) is 8.33. The summed E-state index contributed by atoms with van der Waals surface area (Å²) >= 11 is 0. The molecule has 0 unspecified atom stereocenters. The van der Waals surface area contributed by atoms with Gasteiger partial charge in [0, 0.05) is 6.54 Å².